The first-order valence-electron chi connectivity index (χ1n) is 14.3. The summed E-state index contributed by atoms with van der Waals surface area (Å²) in [4.78, 5) is 42.3. The van der Waals surface area contributed by atoms with Crippen molar-refractivity contribution in [2.75, 3.05) is 25.5 Å². The first-order valence-corrected chi connectivity index (χ1v) is 14.3. The van der Waals surface area contributed by atoms with Gasteiger partial charge in [-0.15, -0.1) is 0 Å². The van der Waals surface area contributed by atoms with Crippen LogP contribution in [-0.4, -0.2) is 51.6 Å². The Morgan fingerprint density at radius 3 is 2.41 bits per heavy atom. The summed E-state index contributed by atoms with van der Waals surface area (Å²) in [6, 6.07) is 17.1. The fourth-order valence-electron chi connectivity index (χ4n) is 5.51. The molecule has 0 atom stereocenters. The molecule has 214 valence electrons. The molecule has 1 fully saturated rings. The Balaban J connectivity index is 1.45. The van der Waals surface area contributed by atoms with Crippen LogP contribution in [0.15, 0.2) is 65.7 Å². The van der Waals surface area contributed by atoms with Crippen LogP contribution in [0.4, 0.5) is 11.6 Å². The highest BCUT2D eigenvalue weighted by Gasteiger charge is 2.22. The first-order chi connectivity index (χ1) is 19.9. The average molecular weight is 555 g/mol. The van der Waals surface area contributed by atoms with E-state index in [9.17, 15) is 9.59 Å². The van der Waals surface area contributed by atoms with Crippen molar-refractivity contribution in [3.05, 3.63) is 87.8 Å². The third kappa shape index (κ3) is 6.31. The number of amides is 1. The van der Waals surface area contributed by atoms with E-state index in [0.717, 1.165) is 37.3 Å². The van der Waals surface area contributed by atoms with Gasteiger partial charge in [0.25, 0.3) is 5.91 Å². The van der Waals surface area contributed by atoms with Gasteiger partial charge in [0.05, 0.1) is 12.5 Å². The molecule has 9 nitrogen and oxygen atoms in total. The third-order valence-corrected chi connectivity index (χ3v) is 7.83. The van der Waals surface area contributed by atoms with Gasteiger partial charge in [0, 0.05) is 29.8 Å². The summed E-state index contributed by atoms with van der Waals surface area (Å²) in [7, 11) is 1.33. The van der Waals surface area contributed by atoms with Crippen molar-refractivity contribution >= 4 is 28.6 Å². The van der Waals surface area contributed by atoms with Crippen LogP contribution in [-0.2, 0) is 11.3 Å². The molecule has 1 aliphatic rings. The van der Waals surface area contributed by atoms with Crippen molar-refractivity contribution in [1.29, 1.82) is 0 Å². The second-order valence-corrected chi connectivity index (χ2v) is 10.9. The van der Waals surface area contributed by atoms with E-state index in [1.807, 2.05) is 24.3 Å². The van der Waals surface area contributed by atoms with Gasteiger partial charge in [0.1, 0.15) is 5.56 Å². The summed E-state index contributed by atoms with van der Waals surface area (Å²) in [6.07, 6.45) is 7.32. The van der Waals surface area contributed by atoms with Crippen LogP contribution >= 0.6 is 0 Å². The lowest BCUT2D eigenvalue weighted by atomic mass is 9.89. The number of carbonyl (C=O) groups is 1. The summed E-state index contributed by atoms with van der Waals surface area (Å²) in [5.41, 5.74) is 6.32. The molecule has 41 heavy (non-hydrogen) atoms. The number of likely N-dealkylation sites (tertiary alicyclic amines) is 1. The van der Waals surface area contributed by atoms with E-state index in [0.29, 0.717) is 23.6 Å². The van der Waals surface area contributed by atoms with Crippen LogP contribution in [0, 0.1) is 0 Å². The van der Waals surface area contributed by atoms with Crippen LogP contribution in [0.5, 0.6) is 0 Å². The predicted molar refractivity (Wildman–Crippen MR) is 162 cm³/mol. The normalized spacial score (nSPS) is 14.5. The minimum absolute atomic E-state index is 0.0592. The number of pyridine rings is 1. The van der Waals surface area contributed by atoms with E-state index >= 15 is 0 Å². The van der Waals surface area contributed by atoms with Gasteiger partial charge in [-0.05, 0) is 87.5 Å². The van der Waals surface area contributed by atoms with Crippen LogP contribution < -0.4 is 16.2 Å². The molecule has 0 radical (unpaired) electrons. The number of nitrogens with one attached hydrogen (secondary N) is 2. The number of rotatable bonds is 9. The van der Waals surface area contributed by atoms with Gasteiger partial charge in [-0.1, -0.05) is 37.6 Å². The zero-order chi connectivity index (χ0) is 28.9. The zero-order valence-corrected chi connectivity index (χ0v) is 24.2. The number of benzene rings is 2. The number of hydroxylamine groups is 1. The fraction of sp³-hybridized carbons (Fsp3) is 0.375. The highest BCUT2D eigenvalue weighted by atomic mass is 16.6. The predicted octanol–water partition coefficient (Wildman–Crippen LogP) is 5.36. The standard InChI is InChI=1S/C32H38N6O3/c1-5-6-22-7-13-26(14-8-22)38-20-28(31(40)36-41-4)29(39)27-19-33-32(35-30(27)38)34-25-11-9-23(10-12-25)24-15-17-37(18-16-24)21(2)3/h7-14,19-21,24H,5-6,15-18H2,1-4H3,(H,36,40)(H,33,34,35). The molecule has 1 amide bonds. The molecule has 1 aliphatic heterocycles. The number of piperidine rings is 1. The lowest BCUT2D eigenvalue weighted by molar-refractivity contribution is 0.0536. The van der Waals surface area contributed by atoms with E-state index in [1.165, 1.54) is 43.5 Å². The van der Waals surface area contributed by atoms with Crippen LogP contribution in [0.2, 0.25) is 0 Å². The van der Waals surface area contributed by atoms with Gasteiger partial charge in [-0.2, -0.15) is 4.98 Å². The maximum absolute atomic E-state index is 13.2. The molecule has 0 saturated carbocycles. The zero-order valence-electron chi connectivity index (χ0n) is 24.2. The minimum atomic E-state index is -0.632. The molecule has 5 rings (SSSR count). The van der Waals surface area contributed by atoms with Crippen LogP contribution in [0.25, 0.3) is 16.7 Å². The number of hydrogen-bond donors (Lipinski definition) is 2. The van der Waals surface area contributed by atoms with Crippen LogP contribution in [0.3, 0.4) is 0 Å². The van der Waals surface area contributed by atoms with Crippen molar-refractivity contribution in [2.24, 2.45) is 0 Å². The second kappa shape index (κ2) is 12.6. The number of aryl methyl sites for hydroxylation is 1. The topological polar surface area (TPSA) is 101 Å². The summed E-state index contributed by atoms with van der Waals surface area (Å²) in [5, 5.41) is 3.52. The Hall–Kier alpha value is -4.08. The molecule has 0 spiro atoms. The van der Waals surface area contributed by atoms with E-state index in [1.54, 1.807) is 4.57 Å². The largest absolute Gasteiger partial charge is 0.324 e. The highest BCUT2D eigenvalue weighted by molar-refractivity contribution is 5.96. The molecule has 0 aliphatic carbocycles. The fourth-order valence-corrected chi connectivity index (χ4v) is 5.51. The van der Waals surface area contributed by atoms with Gasteiger partial charge >= 0.3 is 0 Å². The molecular weight excluding hydrogens is 516 g/mol. The number of fused-ring (bicyclic) bond motifs is 1. The van der Waals surface area contributed by atoms with Crippen LogP contribution in [0.1, 0.15) is 67.4 Å². The Labute approximate surface area is 240 Å². The van der Waals surface area contributed by atoms with E-state index in [4.69, 9.17) is 9.82 Å². The second-order valence-electron chi connectivity index (χ2n) is 10.9. The quantitative estimate of drug-likeness (QED) is 0.269. The number of carbonyl (C=O) groups excluding carboxylic acids is 1. The number of anilines is 2. The summed E-state index contributed by atoms with van der Waals surface area (Å²) in [6.45, 7) is 8.92. The van der Waals surface area contributed by atoms with E-state index in [-0.39, 0.29) is 10.9 Å². The van der Waals surface area contributed by atoms with Crippen molar-refractivity contribution in [3.8, 4) is 5.69 Å². The smallest absolute Gasteiger partial charge is 0.280 e. The Bertz CT molecular complexity index is 1560. The first kappa shape index (κ1) is 28.4. The van der Waals surface area contributed by atoms with Gasteiger partial charge in [0.15, 0.2) is 5.65 Å². The number of hydrogen-bond acceptors (Lipinski definition) is 7. The Morgan fingerprint density at radius 2 is 1.78 bits per heavy atom. The summed E-state index contributed by atoms with van der Waals surface area (Å²) >= 11 is 0. The number of nitrogens with zero attached hydrogens (tertiary/aromatic N) is 4. The molecular formula is C32H38N6O3. The maximum atomic E-state index is 13.2. The van der Waals surface area contributed by atoms with Gasteiger partial charge < -0.3 is 14.8 Å². The minimum Gasteiger partial charge on any atom is -0.324 e. The molecule has 3 heterocycles. The number of aromatic nitrogens is 3. The highest BCUT2D eigenvalue weighted by Crippen LogP contribution is 2.30. The summed E-state index contributed by atoms with van der Waals surface area (Å²) in [5.74, 6) is 0.298. The van der Waals surface area contributed by atoms with Crippen molar-refractivity contribution < 1.29 is 9.63 Å². The monoisotopic (exact) mass is 554 g/mol. The Kier molecular flexibility index (Phi) is 8.75. The van der Waals surface area contributed by atoms with Crippen molar-refractivity contribution in [1.82, 2.24) is 24.9 Å². The molecule has 0 bridgehead atoms. The van der Waals surface area contributed by atoms with Crippen molar-refractivity contribution in [3.63, 3.8) is 0 Å². The molecule has 9 heteroatoms. The van der Waals surface area contributed by atoms with Gasteiger partial charge in [0.2, 0.25) is 11.4 Å². The van der Waals surface area contributed by atoms with Gasteiger partial charge in [-0.25, -0.2) is 10.5 Å². The third-order valence-electron chi connectivity index (χ3n) is 7.83. The van der Waals surface area contributed by atoms with Crippen molar-refractivity contribution in [2.45, 2.75) is 58.4 Å². The maximum Gasteiger partial charge on any atom is 0.280 e. The molecule has 0 unspecified atom stereocenters. The van der Waals surface area contributed by atoms with Gasteiger partial charge in [-0.3, -0.25) is 14.4 Å². The van der Waals surface area contributed by atoms with E-state index < -0.39 is 11.3 Å². The molecule has 1 saturated heterocycles. The summed E-state index contributed by atoms with van der Waals surface area (Å²) < 4.78 is 1.75. The molecule has 4 aromatic rings. The van der Waals surface area contributed by atoms with E-state index in [2.05, 4.69) is 65.7 Å². The molecule has 2 aromatic heterocycles. The lowest BCUT2D eigenvalue weighted by Gasteiger charge is -2.34. The Morgan fingerprint density at radius 1 is 1.07 bits per heavy atom. The molecule has 2 aromatic carbocycles. The lowest BCUT2D eigenvalue weighted by Crippen LogP contribution is -2.37. The average Bonchev–Trinajstić information content (AvgIpc) is 2.98. The molecule has 2 N–H and O–H groups in total. The SMILES string of the molecule is CCCc1ccc(-n2cc(C(=O)NOC)c(=O)c3cnc(Nc4ccc(C5CCN(C(C)C)CC5)cc4)nc32)cc1.